The predicted octanol–water partition coefficient (Wildman–Crippen LogP) is 2.82. The Labute approximate surface area is 105 Å². The monoisotopic (exact) mass is 252 g/mol. The first-order valence-corrected chi connectivity index (χ1v) is 6.61. The molecule has 0 bridgehead atoms. The third-order valence-corrected chi connectivity index (χ3v) is 2.49. The lowest BCUT2D eigenvalue weighted by Crippen LogP contribution is -2.18. The average molecular weight is 252 g/mol. The number of ether oxygens (including phenoxy) is 2. The highest BCUT2D eigenvalue weighted by atomic mass is 32.1. The van der Waals surface area contributed by atoms with Crippen molar-refractivity contribution < 1.29 is 9.47 Å². The van der Waals surface area contributed by atoms with Crippen LogP contribution in [0, 0.1) is 0 Å². The second kappa shape index (κ2) is 9.82. The molecule has 4 heteroatoms. The van der Waals surface area contributed by atoms with Crippen LogP contribution in [0.15, 0.2) is 0 Å². The van der Waals surface area contributed by atoms with E-state index >= 15 is 0 Å². The van der Waals surface area contributed by atoms with Gasteiger partial charge in [-0.2, -0.15) is 25.3 Å². The van der Waals surface area contributed by atoms with Gasteiger partial charge in [0.05, 0.1) is 12.7 Å². The van der Waals surface area contributed by atoms with E-state index in [-0.39, 0.29) is 6.10 Å². The van der Waals surface area contributed by atoms with Crippen LogP contribution >= 0.6 is 25.3 Å². The SMILES string of the molecule is CC(S)CCOCC(C)OCCC(C)S. The maximum Gasteiger partial charge on any atom is 0.0780 e. The molecule has 0 radical (unpaired) electrons. The van der Waals surface area contributed by atoms with Gasteiger partial charge in [0, 0.05) is 23.7 Å². The van der Waals surface area contributed by atoms with Crippen molar-refractivity contribution in [3.63, 3.8) is 0 Å². The minimum atomic E-state index is 0.173. The molecule has 0 spiro atoms. The predicted molar refractivity (Wildman–Crippen MR) is 72.4 cm³/mol. The van der Waals surface area contributed by atoms with Crippen LogP contribution < -0.4 is 0 Å². The Bertz CT molecular complexity index is 141. The van der Waals surface area contributed by atoms with E-state index in [0.29, 0.717) is 17.1 Å². The van der Waals surface area contributed by atoms with Crippen molar-refractivity contribution in [3.05, 3.63) is 0 Å². The maximum atomic E-state index is 5.57. The highest BCUT2D eigenvalue weighted by molar-refractivity contribution is 7.81. The Morgan fingerprint density at radius 1 is 0.933 bits per heavy atom. The van der Waals surface area contributed by atoms with Crippen molar-refractivity contribution in [1.29, 1.82) is 0 Å². The lowest BCUT2D eigenvalue weighted by molar-refractivity contribution is -0.00751. The summed E-state index contributed by atoms with van der Waals surface area (Å²) in [5, 5.41) is 0.814. The van der Waals surface area contributed by atoms with E-state index in [9.17, 15) is 0 Å². The first-order valence-electron chi connectivity index (χ1n) is 5.57. The molecule has 0 saturated heterocycles. The smallest absolute Gasteiger partial charge is 0.0780 e. The van der Waals surface area contributed by atoms with Gasteiger partial charge >= 0.3 is 0 Å². The molecule has 0 rings (SSSR count). The van der Waals surface area contributed by atoms with Crippen LogP contribution in [0.2, 0.25) is 0 Å². The topological polar surface area (TPSA) is 18.5 Å². The largest absolute Gasteiger partial charge is 0.379 e. The molecule has 0 aliphatic carbocycles. The zero-order valence-electron chi connectivity index (χ0n) is 9.98. The fraction of sp³-hybridized carbons (Fsp3) is 1.00. The molecule has 0 aromatic carbocycles. The fourth-order valence-electron chi connectivity index (χ4n) is 0.991. The second-order valence-corrected chi connectivity index (χ2v) is 5.79. The van der Waals surface area contributed by atoms with Gasteiger partial charge in [-0.05, 0) is 19.8 Å². The number of hydrogen-bond acceptors (Lipinski definition) is 4. The number of hydrogen-bond donors (Lipinski definition) is 2. The van der Waals surface area contributed by atoms with Crippen LogP contribution in [0.5, 0.6) is 0 Å². The summed E-state index contributed by atoms with van der Waals surface area (Å²) in [6, 6.07) is 0. The Hall–Kier alpha value is 0.620. The molecule has 0 aromatic rings. The molecule has 0 fully saturated rings. The van der Waals surface area contributed by atoms with Crippen LogP contribution in [-0.2, 0) is 9.47 Å². The van der Waals surface area contributed by atoms with Gasteiger partial charge in [0.1, 0.15) is 0 Å². The van der Waals surface area contributed by atoms with E-state index in [1.165, 1.54) is 0 Å². The van der Waals surface area contributed by atoms with Crippen LogP contribution in [0.3, 0.4) is 0 Å². The standard InChI is InChI=1S/C11H24O2S2/c1-9(13-7-5-11(3)15)8-12-6-4-10(2)14/h9-11,14-15H,4-8H2,1-3H3. The normalized spacial score (nSPS) is 17.4. The Balaban J connectivity index is 3.22. The molecule has 0 heterocycles. The van der Waals surface area contributed by atoms with Gasteiger partial charge in [-0.15, -0.1) is 0 Å². The van der Waals surface area contributed by atoms with Gasteiger partial charge in [-0.3, -0.25) is 0 Å². The lowest BCUT2D eigenvalue weighted by atomic mass is 10.3. The van der Waals surface area contributed by atoms with Gasteiger partial charge < -0.3 is 9.47 Å². The second-order valence-electron chi connectivity index (χ2n) is 4.03. The van der Waals surface area contributed by atoms with Crippen molar-refractivity contribution in [2.75, 3.05) is 19.8 Å². The summed E-state index contributed by atoms with van der Waals surface area (Å²) >= 11 is 8.57. The molecular weight excluding hydrogens is 228 g/mol. The minimum Gasteiger partial charge on any atom is -0.379 e. The number of rotatable bonds is 9. The third-order valence-electron chi connectivity index (χ3n) is 1.97. The molecule has 0 aliphatic heterocycles. The summed E-state index contributed by atoms with van der Waals surface area (Å²) in [5.74, 6) is 0. The van der Waals surface area contributed by atoms with E-state index in [4.69, 9.17) is 9.47 Å². The minimum absolute atomic E-state index is 0.173. The Kier molecular flexibility index (Phi) is 10.2. The zero-order chi connectivity index (χ0) is 11.7. The maximum absolute atomic E-state index is 5.57. The van der Waals surface area contributed by atoms with Crippen LogP contribution in [-0.4, -0.2) is 36.4 Å². The lowest BCUT2D eigenvalue weighted by Gasteiger charge is -2.14. The zero-order valence-corrected chi connectivity index (χ0v) is 11.8. The van der Waals surface area contributed by atoms with Gasteiger partial charge in [0.15, 0.2) is 0 Å². The molecule has 92 valence electrons. The molecule has 0 saturated carbocycles. The molecule has 3 atom stereocenters. The summed E-state index contributed by atoms with van der Waals surface area (Å²) in [6.45, 7) is 8.37. The summed E-state index contributed by atoms with van der Waals surface area (Å²) < 4.78 is 11.0. The molecule has 0 amide bonds. The summed E-state index contributed by atoms with van der Waals surface area (Å²) in [4.78, 5) is 0. The Morgan fingerprint density at radius 2 is 1.47 bits per heavy atom. The van der Waals surface area contributed by atoms with Crippen molar-refractivity contribution in [2.45, 2.75) is 50.2 Å². The molecule has 2 nitrogen and oxygen atoms in total. The Morgan fingerprint density at radius 3 is 2.00 bits per heavy atom. The quantitative estimate of drug-likeness (QED) is 0.485. The summed E-state index contributed by atoms with van der Waals surface area (Å²) in [5.41, 5.74) is 0. The van der Waals surface area contributed by atoms with Crippen LogP contribution in [0.4, 0.5) is 0 Å². The van der Waals surface area contributed by atoms with Gasteiger partial charge in [-0.25, -0.2) is 0 Å². The van der Waals surface area contributed by atoms with E-state index in [1.807, 2.05) is 6.92 Å². The molecule has 15 heavy (non-hydrogen) atoms. The highest BCUT2D eigenvalue weighted by Crippen LogP contribution is 2.03. The first kappa shape index (κ1) is 15.6. The van der Waals surface area contributed by atoms with E-state index in [2.05, 4.69) is 39.1 Å². The van der Waals surface area contributed by atoms with Gasteiger partial charge in [-0.1, -0.05) is 13.8 Å². The first-order chi connectivity index (χ1) is 7.02. The van der Waals surface area contributed by atoms with Crippen molar-refractivity contribution >= 4 is 25.3 Å². The average Bonchev–Trinajstić information content (AvgIpc) is 2.11. The fourth-order valence-corrected chi connectivity index (χ4v) is 1.20. The van der Waals surface area contributed by atoms with Crippen LogP contribution in [0.25, 0.3) is 0 Å². The highest BCUT2D eigenvalue weighted by Gasteiger charge is 2.03. The van der Waals surface area contributed by atoms with Gasteiger partial charge in [0.2, 0.25) is 0 Å². The van der Waals surface area contributed by atoms with Crippen molar-refractivity contribution in [2.24, 2.45) is 0 Å². The molecule has 0 aromatic heterocycles. The van der Waals surface area contributed by atoms with Crippen molar-refractivity contribution in [3.8, 4) is 0 Å². The summed E-state index contributed by atoms with van der Waals surface area (Å²) in [7, 11) is 0. The van der Waals surface area contributed by atoms with Crippen LogP contribution in [0.1, 0.15) is 33.6 Å². The number of thiol groups is 2. The van der Waals surface area contributed by atoms with E-state index < -0.39 is 0 Å². The third kappa shape index (κ3) is 12.6. The molecule has 3 unspecified atom stereocenters. The summed E-state index contributed by atoms with van der Waals surface area (Å²) in [6.07, 6.45) is 2.15. The molecular formula is C11H24O2S2. The van der Waals surface area contributed by atoms with E-state index in [0.717, 1.165) is 26.1 Å². The van der Waals surface area contributed by atoms with E-state index in [1.54, 1.807) is 0 Å². The van der Waals surface area contributed by atoms with Gasteiger partial charge in [0.25, 0.3) is 0 Å². The molecule has 0 N–H and O–H groups in total. The van der Waals surface area contributed by atoms with Crippen molar-refractivity contribution in [1.82, 2.24) is 0 Å². The molecule has 0 aliphatic rings.